The lowest BCUT2D eigenvalue weighted by molar-refractivity contribution is 0.364. The molecule has 3 rings (SSSR count). The van der Waals surface area contributed by atoms with E-state index >= 15 is 0 Å². The number of benzene rings is 1. The molecule has 0 N–H and O–H groups in total. The van der Waals surface area contributed by atoms with E-state index in [-0.39, 0.29) is 0 Å². The van der Waals surface area contributed by atoms with E-state index < -0.39 is 6.17 Å². The zero-order valence-corrected chi connectivity index (χ0v) is 13.0. The van der Waals surface area contributed by atoms with Crippen molar-refractivity contribution in [2.75, 3.05) is 32.2 Å². The van der Waals surface area contributed by atoms with Crippen molar-refractivity contribution >= 4 is 5.95 Å². The van der Waals surface area contributed by atoms with Crippen LogP contribution in [0.2, 0.25) is 0 Å². The molecule has 0 saturated carbocycles. The molecule has 1 saturated heterocycles. The Hall–Kier alpha value is -2.57. The number of aromatic nitrogens is 2. The second-order valence-electron chi connectivity index (χ2n) is 5.18. The van der Waals surface area contributed by atoms with E-state index in [2.05, 4.69) is 9.97 Å². The molecule has 2 heterocycles. The monoisotopic (exact) mass is 319 g/mol. The minimum absolute atomic E-state index is 0.316. The number of rotatable bonds is 5. The standard InChI is InChI=1S/C16H18FN3O3/c1-21-12-7-13(22-2)9-14(8-12)23-15-3-5-18-16(19-15)20-6-4-11(17)10-20/h3,5,7-9,11H,4,6,10H2,1-2H3/t11-/m1/s1. The van der Waals surface area contributed by atoms with E-state index in [1.165, 1.54) is 0 Å². The Labute approximate surface area is 133 Å². The van der Waals surface area contributed by atoms with E-state index in [9.17, 15) is 4.39 Å². The molecule has 0 unspecified atom stereocenters. The van der Waals surface area contributed by atoms with Crippen molar-refractivity contribution in [2.45, 2.75) is 12.6 Å². The van der Waals surface area contributed by atoms with Crippen LogP contribution in [-0.4, -0.2) is 43.4 Å². The largest absolute Gasteiger partial charge is 0.496 e. The van der Waals surface area contributed by atoms with Crippen molar-refractivity contribution < 1.29 is 18.6 Å². The first-order valence-electron chi connectivity index (χ1n) is 7.31. The minimum Gasteiger partial charge on any atom is -0.496 e. The van der Waals surface area contributed by atoms with Crippen LogP contribution in [0.5, 0.6) is 23.1 Å². The number of alkyl halides is 1. The molecule has 23 heavy (non-hydrogen) atoms. The van der Waals surface area contributed by atoms with E-state index in [1.54, 1.807) is 44.7 Å². The molecule has 1 fully saturated rings. The van der Waals surface area contributed by atoms with Crippen LogP contribution < -0.4 is 19.1 Å². The second kappa shape index (κ2) is 6.68. The van der Waals surface area contributed by atoms with E-state index in [0.29, 0.717) is 48.6 Å². The van der Waals surface area contributed by atoms with Crippen LogP contribution in [0.25, 0.3) is 0 Å². The molecule has 1 aromatic heterocycles. The second-order valence-corrected chi connectivity index (χ2v) is 5.18. The highest BCUT2D eigenvalue weighted by atomic mass is 19.1. The highest BCUT2D eigenvalue weighted by Crippen LogP contribution is 2.30. The van der Waals surface area contributed by atoms with Gasteiger partial charge in [0, 0.05) is 37.0 Å². The fraction of sp³-hybridized carbons (Fsp3) is 0.375. The first kappa shape index (κ1) is 15.3. The highest BCUT2D eigenvalue weighted by Gasteiger charge is 2.24. The molecule has 1 aromatic carbocycles. The Bertz CT molecular complexity index is 661. The summed E-state index contributed by atoms with van der Waals surface area (Å²) in [6, 6.07) is 6.87. The Morgan fingerprint density at radius 2 is 1.83 bits per heavy atom. The zero-order valence-electron chi connectivity index (χ0n) is 13.0. The SMILES string of the molecule is COc1cc(OC)cc(Oc2ccnc(N3CC[C@@H](F)C3)n2)c1. The van der Waals surface area contributed by atoms with Gasteiger partial charge in [-0.2, -0.15) is 4.98 Å². The molecule has 1 atom stereocenters. The summed E-state index contributed by atoms with van der Waals surface area (Å²) in [5.74, 6) is 2.63. The van der Waals surface area contributed by atoms with Crippen molar-refractivity contribution in [3.63, 3.8) is 0 Å². The lowest BCUT2D eigenvalue weighted by Gasteiger charge is -2.15. The van der Waals surface area contributed by atoms with Crippen LogP contribution >= 0.6 is 0 Å². The van der Waals surface area contributed by atoms with Gasteiger partial charge in [0.15, 0.2) is 0 Å². The van der Waals surface area contributed by atoms with Crippen molar-refractivity contribution in [1.29, 1.82) is 0 Å². The van der Waals surface area contributed by atoms with Gasteiger partial charge in [0.2, 0.25) is 11.8 Å². The van der Waals surface area contributed by atoms with Crippen molar-refractivity contribution in [3.8, 4) is 23.1 Å². The van der Waals surface area contributed by atoms with Crippen molar-refractivity contribution in [1.82, 2.24) is 9.97 Å². The predicted octanol–water partition coefficient (Wildman–Crippen LogP) is 2.83. The van der Waals surface area contributed by atoms with Crippen LogP contribution in [0.3, 0.4) is 0 Å². The van der Waals surface area contributed by atoms with Crippen LogP contribution in [-0.2, 0) is 0 Å². The summed E-state index contributed by atoms with van der Waals surface area (Å²) in [7, 11) is 3.14. The van der Waals surface area contributed by atoms with Crippen LogP contribution in [0.1, 0.15) is 6.42 Å². The van der Waals surface area contributed by atoms with Gasteiger partial charge >= 0.3 is 0 Å². The maximum Gasteiger partial charge on any atom is 0.228 e. The van der Waals surface area contributed by atoms with E-state index in [4.69, 9.17) is 14.2 Å². The van der Waals surface area contributed by atoms with Crippen molar-refractivity contribution in [2.24, 2.45) is 0 Å². The first-order valence-corrected chi connectivity index (χ1v) is 7.31. The summed E-state index contributed by atoms with van der Waals surface area (Å²) < 4.78 is 29.5. The van der Waals surface area contributed by atoms with Gasteiger partial charge in [0.05, 0.1) is 20.8 Å². The molecule has 7 heteroatoms. The average molecular weight is 319 g/mol. The Morgan fingerprint density at radius 1 is 1.13 bits per heavy atom. The van der Waals surface area contributed by atoms with Crippen molar-refractivity contribution in [3.05, 3.63) is 30.5 Å². The van der Waals surface area contributed by atoms with Gasteiger partial charge < -0.3 is 19.1 Å². The molecular weight excluding hydrogens is 301 g/mol. The average Bonchev–Trinajstić information content (AvgIpc) is 3.01. The number of nitrogens with zero attached hydrogens (tertiary/aromatic N) is 3. The molecule has 0 amide bonds. The Kier molecular flexibility index (Phi) is 4.45. The minimum atomic E-state index is -0.828. The molecule has 0 spiro atoms. The summed E-state index contributed by atoms with van der Waals surface area (Å²) in [6.45, 7) is 0.925. The molecule has 0 bridgehead atoms. The highest BCUT2D eigenvalue weighted by molar-refractivity contribution is 5.44. The van der Waals surface area contributed by atoms with Gasteiger partial charge in [-0.3, -0.25) is 0 Å². The maximum atomic E-state index is 13.3. The molecule has 0 radical (unpaired) electrons. The maximum absolute atomic E-state index is 13.3. The van der Waals surface area contributed by atoms with Crippen LogP contribution in [0, 0.1) is 0 Å². The zero-order chi connectivity index (χ0) is 16.2. The number of hydrogen-bond donors (Lipinski definition) is 0. The lowest BCUT2D eigenvalue weighted by Crippen LogP contribution is -2.22. The Morgan fingerprint density at radius 3 is 2.43 bits per heavy atom. The van der Waals surface area contributed by atoms with Gasteiger partial charge in [0.1, 0.15) is 23.4 Å². The molecule has 1 aliphatic rings. The van der Waals surface area contributed by atoms with Crippen LogP contribution in [0.15, 0.2) is 30.5 Å². The van der Waals surface area contributed by atoms with Gasteiger partial charge in [-0.15, -0.1) is 0 Å². The number of anilines is 1. The number of halogens is 1. The Balaban J connectivity index is 1.80. The fourth-order valence-corrected chi connectivity index (χ4v) is 2.40. The number of methoxy groups -OCH3 is 2. The van der Waals surface area contributed by atoms with Gasteiger partial charge in [-0.1, -0.05) is 0 Å². The lowest BCUT2D eigenvalue weighted by atomic mass is 10.3. The fourth-order valence-electron chi connectivity index (χ4n) is 2.40. The first-order chi connectivity index (χ1) is 11.2. The number of hydrogen-bond acceptors (Lipinski definition) is 6. The third-order valence-electron chi connectivity index (χ3n) is 3.58. The third-order valence-corrected chi connectivity index (χ3v) is 3.58. The molecule has 1 aliphatic heterocycles. The predicted molar refractivity (Wildman–Crippen MR) is 83.4 cm³/mol. The quantitative estimate of drug-likeness (QED) is 0.845. The molecular formula is C16H18FN3O3. The van der Waals surface area contributed by atoms with E-state index in [0.717, 1.165) is 0 Å². The molecule has 6 nitrogen and oxygen atoms in total. The van der Waals surface area contributed by atoms with Gasteiger partial charge in [0.25, 0.3) is 0 Å². The summed E-state index contributed by atoms with van der Waals surface area (Å²) in [5, 5.41) is 0. The number of ether oxygens (including phenoxy) is 3. The summed E-state index contributed by atoms with van der Waals surface area (Å²) >= 11 is 0. The third kappa shape index (κ3) is 3.61. The summed E-state index contributed by atoms with van der Waals surface area (Å²) in [6.07, 6.45) is 1.27. The molecule has 2 aromatic rings. The molecule has 0 aliphatic carbocycles. The topological polar surface area (TPSA) is 56.7 Å². The molecule has 122 valence electrons. The summed E-state index contributed by atoms with van der Waals surface area (Å²) in [5.41, 5.74) is 0. The van der Waals surface area contributed by atoms with Gasteiger partial charge in [-0.25, -0.2) is 9.37 Å². The smallest absolute Gasteiger partial charge is 0.228 e. The van der Waals surface area contributed by atoms with Gasteiger partial charge in [-0.05, 0) is 6.42 Å². The normalized spacial score (nSPS) is 17.2. The van der Waals surface area contributed by atoms with E-state index in [1.807, 2.05) is 4.90 Å². The summed E-state index contributed by atoms with van der Waals surface area (Å²) in [4.78, 5) is 10.3. The van der Waals surface area contributed by atoms with Crippen LogP contribution in [0.4, 0.5) is 10.3 Å².